The van der Waals surface area contributed by atoms with E-state index in [-0.39, 0.29) is 0 Å². The Morgan fingerprint density at radius 3 is 1.38 bits per heavy atom. The quantitative estimate of drug-likeness (QED) is 0.653. The molecule has 2 heterocycles. The summed E-state index contributed by atoms with van der Waals surface area (Å²) in [5, 5.41) is 18.7. The van der Waals surface area contributed by atoms with Crippen LogP contribution >= 0.6 is 0 Å². The fourth-order valence-corrected chi connectivity index (χ4v) is 2.39. The maximum atomic E-state index is 9.36. The maximum absolute atomic E-state index is 9.36. The SMILES string of the molecule is N#CC(=Cc1ccc(C=C(C#N)c2ccccn2)cc1)c1ccccn1. The average molecular weight is 334 g/mol. The smallest absolute Gasteiger partial charge is 0.101 e. The molecule has 4 nitrogen and oxygen atoms in total. The van der Waals surface area contributed by atoms with Crippen LogP contribution in [-0.2, 0) is 0 Å². The molecule has 1 aromatic carbocycles. The van der Waals surface area contributed by atoms with Gasteiger partial charge in [-0.2, -0.15) is 10.5 Å². The average Bonchev–Trinajstić information content (AvgIpc) is 2.72. The van der Waals surface area contributed by atoms with Crippen LogP contribution in [0.4, 0.5) is 0 Å². The first-order valence-electron chi connectivity index (χ1n) is 7.96. The molecule has 122 valence electrons. The Morgan fingerprint density at radius 2 is 1.08 bits per heavy atom. The van der Waals surface area contributed by atoms with Crippen LogP contribution in [0, 0.1) is 22.7 Å². The Morgan fingerprint density at radius 1 is 0.654 bits per heavy atom. The Bertz CT molecular complexity index is 933. The molecule has 4 heteroatoms. The number of pyridine rings is 2. The number of allylic oxidation sites excluding steroid dienone is 2. The molecule has 2 aromatic heterocycles. The van der Waals surface area contributed by atoms with Crippen molar-refractivity contribution in [3.63, 3.8) is 0 Å². The molecule has 0 spiro atoms. The van der Waals surface area contributed by atoms with Crippen LogP contribution in [0.25, 0.3) is 23.3 Å². The monoisotopic (exact) mass is 334 g/mol. The summed E-state index contributed by atoms with van der Waals surface area (Å²) in [5.74, 6) is 0. The lowest BCUT2D eigenvalue weighted by atomic mass is 10.0. The molecule has 0 unspecified atom stereocenters. The Balaban J connectivity index is 1.87. The van der Waals surface area contributed by atoms with E-state index >= 15 is 0 Å². The Labute approximate surface area is 152 Å². The van der Waals surface area contributed by atoms with Crippen molar-refractivity contribution in [2.24, 2.45) is 0 Å². The third kappa shape index (κ3) is 4.08. The highest BCUT2D eigenvalue weighted by Crippen LogP contribution is 2.19. The molecule has 3 rings (SSSR count). The normalized spacial score (nSPS) is 11.5. The highest BCUT2D eigenvalue weighted by atomic mass is 14.7. The second-order valence-corrected chi connectivity index (χ2v) is 5.44. The summed E-state index contributed by atoms with van der Waals surface area (Å²) in [6.45, 7) is 0. The van der Waals surface area contributed by atoms with Gasteiger partial charge in [-0.25, -0.2) is 0 Å². The van der Waals surface area contributed by atoms with Crippen molar-refractivity contribution in [2.45, 2.75) is 0 Å². The molecule has 0 saturated heterocycles. The van der Waals surface area contributed by atoms with Crippen LogP contribution in [0.3, 0.4) is 0 Å². The number of hydrogen-bond acceptors (Lipinski definition) is 4. The van der Waals surface area contributed by atoms with E-state index < -0.39 is 0 Å². The minimum Gasteiger partial charge on any atom is -0.256 e. The molecule has 0 amide bonds. The standard InChI is InChI=1S/C22H14N4/c23-15-19(21-5-1-3-11-25-21)13-17-7-9-18(10-8-17)14-20(16-24)22-6-2-4-12-26-22/h1-14H. The summed E-state index contributed by atoms with van der Waals surface area (Å²) in [6, 6.07) is 22.9. The summed E-state index contributed by atoms with van der Waals surface area (Å²) < 4.78 is 0. The fourth-order valence-electron chi connectivity index (χ4n) is 2.39. The summed E-state index contributed by atoms with van der Waals surface area (Å²) in [4.78, 5) is 8.41. The summed E-state index contributed by atoms with van der Waals surface area (Å²) in [5.41, 5.74) is 4.06. The molecule has 0 aliphatic rings. The van der Waals surface area contributed by atoms with Crippen molar-refractivity contribution in [1.29, 1.82) is 10.5 Å². The number of aromatic nitrogens is 2. The minimum atomic E-state index is 0.500. The highest BCUT2D eigenvalue weighted by molar-refractivity contribution is 5.90. The topological polar surface area (TPSA) is 73.4 Å². The van der Waals surface area contributed by atoms with Crippen molar-refractivity contribution < 1.29 is 0 Å². The van der Waals surface area contributed by atoms with Gasteiger partial charge in [-0.1, -0.05) is 36.4 Å². The second kappa shape index (κ2) is 8.19. The van der Waals surface area contributed by atoms with E-state index in [0.29, 0.717) is 22.5 Å². The van der Waals surface area contributed by atoms with Crippen molar-refractivity contribution in [3.8, 4) is 12.1 Å². The zero-order valence-corrected chi connectivity index (χ0v) is 13.9. The number of hydrogen-bond donors (Lipinski definition) is 0. The molecule has 0 radical (unpaired) electrons. The number of nitriles is 2. The van der Waals surface area contributed by atoms with Crippen molar-refractivity contribution in [2.75, 3.05) is 0 Å². The number of benzene rings is 1. The van der Waals surface area contributed by atoms with Gasteiger partial charge in [-0.05, 0) is 47.5 Å². The third-order valence-electron chi connectivity index (χ3n) is 3.68. The van der Waals surface area contributed by atoms with E-state index in [1.54, 1.807) is 36.7 Å². The molecule has 0 bridgehead atoms. The van der Waals surface area contributed by atoms with Gasteiger partial charge in [0.25, 0.3) is 0 Å². The summed E-state index contributed by atoms with van der Waals surface area (Å²) in [7, 11) is 0. The zero-order chi connectivity index (χ0) is 18.2. The van der Waals surface area contributed by atoms with E-state index in [4.69, 9.17) is 0 Å². The van der Waals surface area contributed by atoms with E-state index in [1.165, 1.54) is 0 Å². The van der Waals surface area contributed by atoms with Gasteiger partial charge in [0.05, 0.1) is 22.5 Å². The lowest BCUT2D eigenvalue weighted by molar-refractivity contribution is 1.28. The largest absolute Gasteiger partial charge is 0.256 e. The predicted molar refractivity (Wildman–Crippen MR) is 102 cm³/mol. The molecule has 0 N–H and O–H groups in total. The summed E-state index contributed by atoms with van der Waals surface area (Å²) >= 11 is 0. The van der Waals surface area contributed by atoms with E-state index in [0.717, 1.165) is 11.1 Å². The Kier molecular flexibility index (Phi) is 5.30. The summed E-state index contributed by atoms with van der Waals surface area (Å²) in [6.07, 6.45) is 6.91. The van der Waals surface area contributed by atoms with Crippen LogP contribution in [0.5, 0.6) is 0 Å². The molecule has 0 aliphatic heterocycles. The lowest BCUT2D eigenvalue weighted by Gasteiger charge is -2.01. The van der Waals surface area contributed by atoms with Crippen molar-refractivity contribution in [1.82, 2.24) is 9.97 Å². The molecule has 0 fully saturated rings. The van der Waals surface area contributed by atoms with Gasteiger partial charge in [0.1, 0.15) is 12.1 Å². The van der Waals surface area contributed by atoms with E-state index in [9.17, 15) is 10.5 Å². The van der Waals surface area contributed by atoms with Crippen LogP contribution in [0.15, 0.2) is 73.1 Å². The van der Waals surface area contributed by atoms with Gasteiger partial charge in [0.2, 0.25) is 0 Å². The lowest BCUT2D eigenvalue weighted by Crippen LogP contribution is -1.87. The predicted octanol–water partition coefficient (Wildman–Crippen LogP) is 4.60. The molecule has 0 saturated carbocycles. The Hall–Kier alpha value is -4.02. The van der Waals surface area contributed by atoms with Crippen molar-refractivity contribution >= 4 is 23.3 Å². The van der Waals surface area contributed by atoms with Crippen LogP contribution in [-0.4, -0.2) is 9.97 Å². The number of rotatable bonds is 4. The van der Waals surface area contributed by atoms with Crippen molar-refractivity contribution in [3.05, 3.63) is 95.6 Å². The molecular formula is C22H14N4. The van der Waals surface area contributed by atoms with Gasteiger partial charge in [0, 0.05) is 12.4 Å². The minimum absolute atomic E-state index is 0.500. The van der Waals surface area contributed by atoms with E-state index in [2.05, 4.69) is 22.1 Å². The van der Waals surface area contributed by atoms with Crippen LogP contribution in [0.2, 0.25) is 0 Å². The zero-order valence-electron chi connectivity index (χ0n) is 13.9. The first kappa shape index (κ1) is 16.8. The second-order valence-electron chi connectivity index (χ2n) is 5.44. The molecule has 26 heavy (non-hydrogen) atoms. The van der Waals surface area contributed by atoms with Gasteiger partial charge < -0.3 is 0 Å². The first-order chi connectivity index (χ1) is 12.8. The molecule has 3 aromatic rings. The highest BCUT2D eigenvalue weighted by Gasteiger charge is 2.03. The third-order valence-corrected chi connectivity index (χ3v) is 3.68. The van der Waals surface area contributed by atoms with E-state index in [1.807, 2.05) is 48.5 Å². The maximum Gasteiger partial charge on any atom is 0.101 e. The molecular weight excluding hydrogens is 320 g/mol. The van der Waals surface area contributed by atoms with Gasteiger partial charge in [0.15, 0.2) is 0 Å². The molecule has 0 atom stereocenters. The van der Waals surface area contributed by atoms with Gasteiger partial charge >= 0.3 is 0 Å². The fraction of sp³-hybridized carbons (Fsp3) is 0. The molecule has 0 aliphatic carbocycles. The number of nitrogens with zero attached hydrogens (tertiary/aromatic N) is 4. The van der Waals surface area contributed by atoms with Crippen LogP contribution < -0.4 is 0 Å². The van der Waals surface area contributed by atoms with Crippen LogP contribution in [0.1, 0.15) is 22.5 Å². The van der Waals surface area contributed by atoms with Gasteiger partial charge in [-0.3, -0.25) is 9.97 Å². The van der Waals surface area contributed by atoms with Gasteiger partial charge in [-0.15, -0.1) is 0 Å². The first-order valence-corrected chi connectivity index (χ1v) is 7.96.